The Morgan fingerprint density at radius 1 is 1.80 bits per heavy atom. The predicted octanol–water partition coefficient (Wildman–Crippen LogP) is 2.10. The lowest BCUT2D eigenvalue weighted by Crippen LogP contribution is -1.98. The lowest BCUT2D eigenvalue weighted by Gasteiger charge is -2.02. The zero-order valence-electron chi connectivity index (χ0n) is 6.05. The molecule has 0 radical (unpaired) electrons. The normalized spacial score (nSPS) is 24.0. The molecule has 0 N–H and O–H groups in total. The fraction of sp³-hybridized carbons (Fsp3) is 0.444. The molecule has 0 aromatic heterocycles. The van der Waals surface area contributed by atoms with Gasteiger partial charge in [0.05, 0.1) is 0 Å². The van der Waals surface area contributed by atoms with Gasteiger partial charge in [0, 0.05) is 5.92 Å². The van der Waals surface area contributed by atoms with Gasteiger partial charge in [-0.15, -0.1) is 6.58 Å². The minimum Gasteiger partial charge on any atom is -0.303 e. The molecule has 1 heteroatoms. The Labute approximate surface area is 61.4 Å². The van der Waals surface area contributed by atoms with E-state index in [1.807, 2.05) is 6.08 Å². The van der Waals surface area contributed by atoms with E-state index in [4.69, 9.17) is 0 Å². The van der Waals surface area contributed by atoms with Crippen molar-refractivity contribution >= 4 is 6.29 Å². The van der Waals surface area contributed by atoms with Crippen LogP contribution in [-0.2, 0) is 4.79 Å². The molecule has 0 bridgehead atoms. The van der Waals surface area contributed by atoms with Crippen molar-refractivity contribution in [3.05, 3.63) is 24.3 Å². The van der Waals surface area contributed by atoms with E-state index in [1.54, 1.807) is 0 Å². The first-order chi connectivity index (χ1) is 4.88. The predicted molar refractivity (Wildman–Crippen MR) is 41.7 cm³/mol. The Morgan fingerprint density at radius 3 is 3.20 bits per heavy atom. The van der Waals surface area contributed by atoms with Crippen molar-refractivity contribution in [1.29, 1.82) is 0 Å². The van der Waals surface area contributed by atoms with E-state index < -0.39 is 0 Å². The third kappa shape index (κ3) is 1.35. The first kappa shape index (κ1) is 7.26. The molecule has 0 spiro atoms. The summed E-state index contributed by atoms with van der Waals surface area (Å²) in [5.74, 6) is 0.193. The SMILES string of the molecule is C=CCC1=CCCC1C=O. The van der Waals surface area contributed by atoms with Crippen molar-refractivity contribution in [2.45, 2.75) is 19.3 Å². The first-order valence-corrected chi connectivity index (χ1v) is 3.63. The van der Waals surface area contributed by atoms with Crippen LogP contribution in [-0.4, -0.2) is 6.29 Å². The summed E-state index contributed by atoms with van der Waals surface area (Å²) in [5, 5.41) is 0. The van der Waals surface area contributed by atoms with E-state index in [9.17, 15) is 4.79 Å². The Bertz CT molecular complexity index is 168. The Kier molecular flexibility index (Phi) is 2.43. The molecular formula is C9H12O. The van der Waals surface area contributed by atoms with Gasteiger partial charge in [-0.25, -0.2) is 0 Å². The van der Waals surface area contributed by atoms with Crippen LogP contribution in [0.1, 0.15) is 19.3 Å². The summed E-state index contributed by atoms with van der Waals surface area (Å²) in [5.41, 5.74) is 1.25. The maximum Gasteiger partial charge on any atom is 0.127 e. The van der Waals surface area contributed by atoms with Gasteiger partial charge in [-0.05, 0) is 19.3 Å². The molecule has 0 saturated carbocycles. The highest BCUT2D eigenvalue weighted by Crippen LogP contribution is 2.26. The molecule has 0 aromatic rings. The van der Waals surface area contributed by atoms with Gasteiger partial charge in [0.1, 0.15) is 6.29 Å². The molecule has 1 aliphatic carbocycles. The highest BCUT2D eigenvalue weighted by molar-refractivity contribution is 5.60. The summed E-state index contributed by atoms with van der Waals surface area (Å²) in [4.78, 5) is 10.4. The molecular weight excluding hydrogens is 124 g/mol. The number of carbonyl (C=O) groups excluding carboxylic acids is 1. The summed E-state index contributed by atoms with van der Waals surface area (Å²) >= 11 is 0. The van der Waals surface area contributed by atoms with Crippen molar-refractivity contribution in [2.75, 3.05) is 0 Å². The van der Waals surface area contributed by atoms with E-state index >= 15 is 0 Å². The molecule has 1 unspecified atom stereocenters. The molecule has 0 heterocycles. The largest absolute Gasteiger partial charge is 0.303 e. The minimum absolute atomic E-state index is 0.193. The van der Waals surface area contributed by atoms with Crippen molar-refractivity contribution in [3.63, 3.8) is 0 Å². The highest BCUT2D eigenvalue weighted by atomic mass is 16.1. The van der Waals surface area contributed by atoms with Crippen LogP contribution in [0, 0.1) is 5.92 Å². The van der Waals surface area contributed by atoms with Crippen LogP contribution in [0.4, 0.5) is 0 Å². The fourth-order valence-corrected chi connectivity index (χ4v) is 1.34. The standard InChI is InChI=1S/C9H12O/c1-2-4-8-5-3-6-9(8)7-10/h2,5,7,9H,1,3-4,6H2. The van der Waals surface area contributed by atoms with Crippen molar-refractivity contribution in [2.24, 2.45) is 5.92 Å². The van der Waals surface area contributed by atoms with E-state index in [0.717, 1.165) is 25.5 Å². The van der Waals surface area contributed by atoms with Gasteiger partial charge in [0.2, 0.25) is 0 Å². The van der Waals surface area contributed by atoms with Crippen LogP contribution in [0.3, 0.4) is 0 Å². The van der Waals surface area contributed by atoms with E-state index in [1.165, 1.54) is 5.57 Å². The van der Waals surface area contributed by atoms with E-state index in [-0.39, 0.29) is 5.92 Å². The fourth-order valence-electron chi connectivity index (χ4n) is 1.34. The van der Waals surface area contributed by atoms with Gasteiger partial charge in [-0.3, -0.25) is 0 Å². The zero-order valence-corrected chi connectivity index (χ0v) is 6.05. The third-order valence-electron chi connectivity index (χ3n) is 1.90. The van der Waals surface area contributed by atoms with Crippen LogP contribution in [0.15, 0.2) is 24.3 Å². The molecule has 1 atom stereocenters. The minimum atomic E-state index is 0.193. The quantitative estimate of drug-likeness (QED) is 0.429. The van der Waals surface area contributed by atoms with E-state index in [0.29, 0.717) is 0 Å². The number of rotatable bonds is 3. The molecule has 0 aromatic carbocycles. The maximum absolute atomic E-state index is 10.4. The summed E-state index contributed by atoms with van der Waals surface area (Å²) in [6.45, 7) is 3.64. The molecule has 1 aliphatic rings. The van der Waals surface area contributed by atoms with Gasteiger partial charge in [0.25, 0.3) is 0 Å². The number of aldehydes is 1. The van der Waals surface area contributed by atoms with Crippen LogP contribution in [0.5, 0.6) is 0 Å². The number of hydrogen-bond donors (Lipinski definition) is 0. The van der Waals surface area contributed by atoms with Crippen LogP contribution < -0.4 is 0 Å². The Balaban J connectivity index is 2.55. The Morgan fingerprint density at radius 2 is 2.60 bits per heavy atom. The lowest BCUT2D eigenvalue weighted by molar-refractivity contribution is -0.110. The average Bonchev–Trinajstić information content (AvgIpc) is 2.36. The van der Waals surface area contributed by atoms with Crippen LogP contribution in [0.2, 0.25) is 0 Å². The molecule has 54 valence electrons. The molecule has 1 rings (SSSR count). The summed E-state index contributed by atoms with van der Waals surface area (Å²) in [7, 11) is 0. The number of carbonyl (C=O) groups is 1. The third-order valence-corrected chi connectivity index (χ3v) is 1.90. The second-order valence-corrected chi connectivity index (χ2v) is 2.59. The second-order valence-electron chi connectivity index (χ2n) is 2.59. The first-order valence-electron chi connectivity index (χ1n) is 3.63. The monoisotopic (exact) mass is 136 g/mol. The highest BCUT2D eigenvalue weighted by Gasteiger charge is 2.16. The van der Waals surface area contributed by atoms with Gasteiger partial charge in [-0.1, -0.05) is 17.7 Å². The van der Waals surface area contributed by atoms with Gasteiger partial charge in [0.15, 0.2) is 0 Å². The van der Waals surface area contributed by atoms with Gasteiger partial charge in [-0.2, -0.15) is 0 Å². The van der Waals surface area contributed by atoms with Crippen LogP contribution >= 0.6 is 0 Å². The summed E-state index contributed by atoms with van der Waals surface area (Å²) < 4.78 is 0. The van der Waals surface area contributed by atoms with Crippen LogP contribution in [0.25, 0.3) is 0 Å². The zero-order chi connectivity index (χ0) is 7.40. The average molecular weight is 136 g/mol. The number of allylic oxidation sites excluding steroid dienone is 3. The summed E-state index contributed by atoms with van der Waals surface area (Å²) in [6.07, 6.45) is 8.00. The lowest BCUT2D eigenvalue weighted by atomic mass is 10.0. The number of hydrogen-bond acceptors (Lipinski definition) is 1. The smallest absolute Gasteiger partial charge is 0.127 e. The van der Waals surface area contributed by atoms with Gasteiger partial charge < -0.3 is 4.79 Å². The van der Waals surface area contributed by atoms with Crippen molar-refractivity contribution in [1.82, 2.24) is 0 Å². The maximum atomic E-state index is 10.4. The van der Waals surface area contributed by atoms with Gasteiger partial charge >= 0.3 is 0 Å². The molecule has 0 amide bonds. The second kappa shape index (κ2) is 3.35. The molecule has 0 saturated heterocycles. The van der Waals surface area contributed by atoms with E-state index in [2.05, 4.69) is 12.7 Å². The molecule has 1 nitrogen and oxygen atoms in total. The topological polar surface area (TPSA) is 17.1 Å². The summed E-state index contributed by atoms with van der Waals surface area (Å²) in [6, 6.07) is 0. The molecule has 10 heavy (non-hydrogen) atoms. The molecule has 0 aliphatic heterocycles. The van der Waals surface area contributed by atoms with Crippen molar-refractivity contribution in [3.8, 4) is 0 Å². The Hall–Kier alpha value is -0.850. The molecule has 0 fully saturated rings. The van der Waals surface area contributed by atoms with Crippen molar-refractivity contribution < 1.29 is 4.79 Å².